The lowest BCUT2D eigenvalue weighted by Crippen LogP contribution is -1.95. The van der Waals surface area contributed by atoms with Crippen molar-refractivity contribution in [3.63, 3.8) is 0 Å². The largest absolute Gasteiger partial charge is 0.283 e. The van der Waals surface area contributed by atoms with Gasteiger partial charge in [0.15, 0.2) is 0 Å². The van der Waals surface area contributed by atoms with Crippen molar-refractivity contribution in [2.24, 2.45) is 0 Å². The molecule has 0 unspecified atom stereocenters. The maximum absolute atomic E-state index is 4.75. The number of hydrogen-bond donors (Lipinski definition) is 0. The summed E-state index contributed by atoms with van der Waals surface area (Å²) in [5.74, 6) is 0. The van der Waals surface area contributed by atoms with E-state index < -0.39 is 0 Å². The zero-order valence-corrected chi connectivity index (χ0v) is 16.8. The van der Waals surface area contributed by atoms with Crippen LogP contribution in [0.4, 0.5) is 0 Å². The Morgan fingerprint density at radius 1 is 0.613 bits per heavy atom. The van der Waals surface area contributed by atoms with Gasteiger partial charge < -0.3 is 0 Å². The quantitative estimate of drug-likeness (QED) is 0.287. The van der Waals surface area contributed by atoms with E-state index in [0.717, 1.165) is 24.1 Å². The van der Waals surface area contributed by atoms with Crippen LogP contribution in [0.25, 0.3) is 49.7 Å². The first-order valence-electron chi connectivity index (χ1n) is 10.8. The molecule has 0 N–H and O–H groups in total. The van der Waals surface area contributed by atoms with Crippen LogP contribution >= 0.6 is 0 Å². The zero-order chi connectivity index (χ0) is 20.1. The van der Waals surface area contributed by atoms with Crippen molar-refractivity contribution in [2.45, 2.75) is 12.8 Å². The van der Waals surface area contributed by atoms with Crippen molar-refractivity contribution in [3.8, 4) is 22.3 Å². The summed E-state index contributed by atoms with van der Waals surface area (Å²) in [5.41, 5.74) is 13.2. The van der Waals surface area contributed by atoms with Gasteiger partial charge in [0.25, 0.3) is 0 Å². The summed E-state index contributed by atoms with van der Waals surface area (Å²) in [4.78, 5) is 9.40. The van der Waals surface area contributed by atoms with E-state index in [2.05, 4.69) is 64.0 Å². The van der Waals surface area contributed by atoms with Crippen LogP contribution < -0.4 is 0 Å². The summed E-state index contributed by atoms with van der Waals surface area (Å²) in [6.45, 7) is 0. The average Bonchev–Trinajstić information content (AvgIpc) is 3.52. The Hall–Kier alpha value is -3.98. The standard InChI is InChI=1S/C28H17N3/c1-2-5-19-16(4-1)12-17-13-24-18(14-23(17)19)15-25-20(24)7-8-21-22-6-3-9-29-27(22)31-11-10-30-28(31)26(21)25/h1-11,13-14H,12,15H2. The fraction of sp³-hybridized carbons (Fsp3) is 0.0714. The summed E-state index contributed by atoms with van der Waals surface area (Å²) >= 11 is 0. The van der Waals surface area contributed by atoms with Crippen LogP contribution in [0.1, 0.15) is 22.3 Å². The molecule has 3 heteroatoms. The Morgan fingerprint density at radius 3 is 2.42 bits per heavy atom. The topological polar surface area (TPSA) is 30.2 Å². The highest BCUT2D eigenvalue weighted by Crippen LogP contribution is 2.47. The molecule has 144 valence electrons. The second-order valence-electron chi connectivity index (χ2n) is 8.69. The molecule has 0 saturated carbocycles. The molecule has 3 aromatic heterocycles. The van der Waals surface area contributed by atoms with Gasteiger partial charge in [0.1, 0.15) is 11.3 Å². The second-order valence-corrected chi connectivity index (χ2v) is 8.69. The minimum absolute atomic E-state index is 0.950. The van der Waals surface area contributed by atoms with Crippen LogP contribution in [0.15, 0.2) is 79.3 Å². The highest BCUT2D eigenvalue weighted by Gasteiger charge is 2.27. The fourth-order valence-corrected chi connectivity index (χ4v) is 5.84. The minimum Gasteiger partial charge on any atom is -0.283 e. The minimum atomic E-state index is 0.950. The molecule has 31 heavy (non-hydrogen) atoms. The Kier molecular flexibility index (Phi) is 2.74. The Bertz CT molecular complexity index is 1740. The molecule has 3 nitrogen and oxygen atoms in total. The maximum Gasteiger partial charge on any atom is 0.146 e. The van der Waals surface area contributed by atoms with Gasteiger partial charge in [-0.05, 0) is 87.0 Å². The molecular formula is C28H17N3. The van der Waals surface area contributed by atoms with E-state index in [1.54, 1.807) is 0 Å². The molecule has 0 bridgehead atoms. The first-order chi connectivity index (χ1) is 15.4. The van der Waals surface area contributed by atoms with Crippen LogP contribution in [0, 0.1) is 0 Å². The smallest absolute Gasteiger partial charge is 0.146 e. The van der Waals surface area contributed by atoms with Gasteiger partial charge in [-0.3, -0.25) is 4.40 Å². The Balaban J connectivity index is 1.44. The van der Waals surface area contributed by atoms with Gasteiger partial charge in [-0.15, -0.1) is 0 Å². The molecule has 0 radical (unpaired) electrons. The van der Waals surface area contributed by atoms with Gasteiger partial charge in [0, 0.05) is 29.4 Å². The summed E-state index contributed by atoms with van der Waals surface area (Å²) in [6.07, 6.45) is 7.75. The lowest BCUT2D eigenvalue weighted by molar-refractivity contribution is 1.19. The van der Waals surface area contributed by atoms with E-state index in [-0.39, 0.29) is 0 Å². The number of aromatic nitrogens is 3. The summed E-state index contributed by atoms with van der Waals surface area (Å²) in [6, 6.07) is 22.5. The molecule has 0 atom stereocenters. The highest BCUT2D eigenvalue weighted by molar-refractivity contribution is 6.14. The van der Waals surface area contributed by atoms with Crippen molar-refractivity contribution in [1.82, 2.24) is 14.4 Å². The van der Waals surface area contributed by atoms with Gasteiger partial charge in [-0.2, -0.15) is 0 Å². The molecule has 3 aromatic carbocycles. The van der Waals surface area contributed by atoms with E-state index in [0.29, 0.717) is 0 Å². The normalized spacial score (nSPS) is 13.5. The number of fused-ring (bicyclic) bond motifs is 13. The molecule has 6 aromatic rings. The lowest BCUT2D eigenvalue weighted by Gasteiger charge is -2.11. The predicted octanol–water partition coefficient (Wildman–Crippen LogP) is 6.18. The van der Waals surface area contributed by atoms with Crippen molar-refractivity contribution in [2.75, 3.05) is 0 Å². The number of hydrogen-bond acceptors (Lipinski definition) is 2. The summed E-state index contributed by atoms with van der Waals surface area (Å²) < 4.78 is 2.14. The van der Waals surface area contributed by atoms with Crippen molar-refractivity contribution >= 4 is 27.5 Å². The molecule has 0 aliphatic heterocycles. The monoisotopic (exact) mass is 395 g/mol. The van der Waals surface area contributed by atoms with Crippen LogP contribution in [0.5, 0.6) is 0 Å². The van der Waals surface area contributed by atoms with E-state index in [1.807, 2.05) is 24.7 Å². The Labute approximate surface area is 178 Å². The maximum atomic E-state index is 4.75. The molecule has 2 aliphatic carbocycles. The second kappa shape index (κ2) is 5.38. The molecular weight excluding hydrogens is 378 g/mol. The third kappa shape index (κ3) is 1.89. The molecule has 3 heterocycles. The van der Waals surface area contributed by atoms with Gasteiger partial charge in [0.2, 0.25) is 0 Å². The van der Waals surface area contributed by atoms with E-state index in [9.17, 15) is 0 Å². The third-order valence-corrected chi connectivity index (χ3v) is 7.16. The molecule has 8 rings (SSSR count). The predicted molar refractivity (Wildman–Crippen MR) is 124 cm³/mol. The number of benzene rings is 3. The van der Waals surface area contributed by atoms with Crippen molar-refractivity contribution < 1.29 is 0 Å². The third-order valence-electron chi connectivity index (χ3n) is 7.16. The summed E-state index contributed by atoms with van der Waals surface area (Å²) in [5, 5.41) is 3.68. The van der Waals surface area contributed by atoms with E-state index in [4.69, 9.17) is 4.98 Å². The van der Waals surface area contributed by atoms with Crippen LogP contribution in [0.2, 0.25) is 0 Å². The molecule has 0 saturated heterocycles. The lowest BCUT2D eigenvalue weighted by atomic mass is 9.97. The highest BCUT2D eigenvalue weighted by atomic mass is 15.0. The van der Waals surface area contributed by atoms with Crippen LogP contribution in [-0.4, -0.2) is 14.4 Å². The zero-order valence-electron chi connectivity index (χ0n) is 16.8. The number of imidazole rings is 1. The Morgan fingerprint density at radius 2 is 1.45 bits per heavy atom. The average molecular weight is 395 g/mol. The molecule has 0 amide bonds. The van der Waals surface area contributed by atoms with E-state index in [1.165, 1.54) is 60.7 Å². The van der Waals surface area contributed by atoms with Gasteiger partial charge in [0.05, 0.1) is 0 Å². The number of nitrogens with zero attached hydrogens (tertiary/aromatic N) is 3. The van der Waals surface area contributed by atoms with Gasteiger partial charge in [-0.25, -0.2) is 9.97 Å². The number of pyridine rings is 2. The summed E-state index contributed by atoms with van der Waals surface area (Å²) in [7, 11) is 0. The van der Waals surface area contributed by atoms with Gasteiger partial charge >= 0.3 is 0 Å². The molecule has 0 fully saturated rings. The molecule has 2 aliphatic rings. The van der Waals surface area contributed by atoms with Gasteiger partial charge in [-0.1, -0.05) is 36.4 Å². The fourth-order valence-electron chi connectivity index (χ4n) is 5.84. The van der Waals surface area contributed by atoms with Crippen LogP contribution in [-0.2, 0) is 12.8 Å². The number of rotatable bonds is 0. The first kappa shape index (κ1) is 15.8. The van der Waals surface area contributed by atoms with Crippen molar-refractivity contribution in [1.29, 1.82) is 0 Å². The van der Waals surface area contributed by atoms with Crippen LogP contribution in [0.3, 0.4) is 0 Å². The SMILES string of the molecule is c1ccc2c(c1)Cc1cc3c(cc1-2)Cc1c-3ccc2c3cccnc3n3ccnc3c12. The van der Waals surface area contributed by atoms with E-state index >= 15 is 0 Å². The first-order valence-corrected chi connectivity index (χ1v) is 10.8. The van der Waals surface area contributed by atoms with Crippen molar-refractivity contribution in [3.05, 3.63) is 102 Å². The molecule has 0 spiro atoms.